The number of carbonyl (C=O) groups is 3. The number of hydrogen-bond donors (Lipinski definition) is 2. The molecule has 3 aromatic rings. The van der Waals surface area contributed by atoms with Crippen LogP contribution >= 0.6 is 0 Å². The number of rotatable bonds is 7. The summed E-state index contributed by atoms with van der Waals surface area (Å²) in [6, 6.07) is 18.2. The Morgan fingerprint density at radius 2 is 1.86 bits per heavy atom. The van der Waals surface area contributed by atoms with E-state index in [9.17, 15) is 14.4 Å². The Hall–Kier alpha value is -4.00. The molecule has 7 heteroatoms. The Labute approximate surface area is 167 Å². The van der Waals surface area contributed by atoms with Gasteiger partial charge in [-0.2, -0.15) is 5.10 Å². The van der Waals surface area contributed by atoms with Crippen molar-refractivity contribution < 1.29 is 18.8 Å². The van der Waals surface area contributed by atoms with Gasteiger partial charge < -0.3 is 14.5 Å². The van der Waals surface area contributed by atoms with Gasteiger partial charge in [-0.25, -0.2) is 5.43 Å². The summed E-state index contributed by atoms with van der Waals surface area (Å²) < 4.78 is 4.97. The van der Waals surface area contributed by atoms with Crippen molar-refractivity contribution in [3.05, 3.63) is 78.3 Å². The normalized spacial score (nSPS) is 11.0. The van der Waals surface area contributed by atoms with E-state index >= 15 is 0 Å². The Bertz CT molecular complexity index is 1040. The van der Waals surface area contributed by atoms with Gasteiger partial charge in [0.1, 0.15) is 12.0 Å². The van der Waals surface area contributed by atoms with Crippen LogP contribution in [0.2, 0.25) is 0 Å². The summed E-state index contributed by atoms with van der Waals surface area (Å²) in [5, 5.41) is 6.58. The van der Waals surface area contributed by atoms with Crippen molar-refractivity contribution in [3.63, 3.8) is 0 Å². The van der Waals surface area contributed by atoms with E-state index in [0.29, 0.717) is 12.0 Å². The zero-order chi connectivity index (χ0) is 20.6. The summed E-state index contributed by atoms with van der Waals surface area (Å²) in [6.45, 7) is 1.96. The van der Waals surface area contributed by atoms with E-state index in [2.05, 4.69) is 15.8 Å². The van der Waals surface area contributed by atoms with Gasteiger partial charge in [0.25, 0.3) is 5.91 Å². The predicted molar refractivity (Wildman–Crippen MR) is 110 cm³/mol. The van der Waals surface area contributed by atoms with Gasteiger partial charge in [-0.15, -0.1) is 0 Å². The van der Waals surface area contributed by atoms with Crippen LogP contribution in [0, 0.1) is 6.92 Å². The molecule has 1 heterocycles. The number of carbonyl (C=O) groups excluding carboxylic acids is 3. The molecule has 0 aliphatic rings. The molecular weight excluding hydrogens is 370 g/mol. The first-order chi connectivity index (χ1) is 14.1. The summed E-state index contributed by atoms with van der Waals surface area (Å²) in [5.74, 6) is -1.16. The lowest BCUT2D eigenvalue weighted by atomic mass is 10.0. The fourth-order valence-corrected chi connectivity index (χ4v) is 2.67. The molecule has 3 rings (SSSR count). The van der Waals surface area contributed by atoms with Crippen molar-refractivity contribution in [2.45, 2.75) is 13.3 Å². The van der Waals surface area contributed by atoms with Crippen LogP contribution in [-0.2, 0) is 9.59 Å². The second kappa shape index (κ2) is 9.27. The van der Waals surface area contributed by atoms with Crippen LogP contribution in [0.4, 0.5) is 5.69 Å². The lowest BCUT2D eigenvalue weighted by molar-refractivity contribution is -0.111. The molecule has 0 atom stereocenters. The average molecular weight is 389 g/mol. The van der Waals surface area contributed by atoms with Gasteiger partial charge in [-0.05, 0) is 36.8 Å². The van der Waals surface area contributed by atoms with E-state index in [0.717, 1.165) is 16.7 Å². The molecule has 0 unspecified atom stereocenters. The summed E-state index contributed by atoms with van der Waals surface area (Å²) in [5.41, 5.74) is 5.48. The second-order valence-corrected chi connectivity index (χ2v) is 6.22. The third kappa shape index (κ3) is 5.04. The number of nitrogens with one attached hydrogen (secondary N) is 2. The third-order valence-corrected chi connectivity index (χ3v) is 4.08. The molecule has 0 aliphatic heterocycles. The number of nitrogens with zero attached hydrogens (tertiary/aromatic N) is 1. The van der Waals surface area contributed by atoms with E-state index in [1.807, 2.05) is 49.4 Å². The van der Waals surface area contributed by atoms with Gasteiger partial charge in [-0.1, -0.05) is 42.0 Å². The molecule has 0 radical (unpaired) electrons. The van der Waals surface area contributed by atoms with Gasteiger partial charge >= 0.3 is 5.91 Å². The largest absolute Gasteiger partial charge is 0.459 e. The predicted octanol–water partition coefficient (Wildman–Crippen LogP) is 3.57. The molecule has 7 nitrogen and oxygen atoms in total. The minimum absolute atomic E-state index is 0.0458. The quantitative estimate of drug-likeness (QED) is 0.366. The van der Waals surface area contributed by atoms with Crippen molar-refractivity contribution in [2.75, 3.05) is 5.32 Å². The van der Waals surface area contributed by atoms with E-state index in [1.165, 1.54) is 12.3 Å². The molecule has 2 amide bonds. The van der Waals surface area contributed by atoms with Crippen LogP contribution in [0.5, 0.6) is 0 Å². The van der Waals surface area contributed by atoms with E-state index < -0.39 is 11.8 Å². The minimum atomic E-state index is -0.619. The van der Waals surface area contributed by atoms with Crippen molar-refractivity contribution in [2.24, 2.45) is 5.10 Å². The highest BCUT2D eigenvalue weighted by atomic mass is 16.3. The van der Waals surface area contributed by atoms with Crippen LogP contribution in [0.1, 0.15) is 22.5 Å². The zero-order valence-electron chi connectivity index (χ0n) is 15.7. The Morgan fingerprint density at radius 3 is 2.55 bits per heavy atom. The fraction of sp³-hybridized carbons (Fsp3) is 0.0909. The Morgan fingerprint density at radius 1 is 1.07 bits per heavy atom. The number of amides is 2. The molecule has 2 N–H and O–H groups in total. The molecule has 0 spiro atoms. The fourth-order valence-electron chi connectivity index (χ4n) is 2.67. The number of aryl methyl sites for hydroxylation is 1. The molecule has 1 aromatic heterocycles. The first kappa shape index (κ1) is 19.8. The lowest BCUT2D eigenvalue weighted by Crippen LogP contribution is -2.28. The van der Waals surface area contributed by atoms with Crippen molar-refractivity contribution in [3.8, 4) is 11.1 Å². The number of aldehydes is 1. The second-order valence-electron chi connectivity index (χ2n) is 6.22. The Kier molecular flexibility index (Phi) is 6.32. The first-order valence-corrected chi connectivity index (χ1v) is 8.90. The van der Waals surface area contributed by atoms with Crippen LogP contribution in [-0.4, -0.2) is 23.8 Å². The highest BCUT2D eigenvalue weighted by Crippen LogP contribution is 2.29. The summed E-state index contributed by atoms with van der Waals surface area (Å²) in [7, 11) is 0. The molecule has 146 valence electrons. The highest BCUT2D eigenvalue weighted by Gasteiger charge is 2.16. The number of anilines is 1. The van der Waals surface area contributed by atoms with Crippen LogP contribution in [0.15, 0.2) is 76.4 Å². The topological polar surface area (TPSA) is 101 Å². The average Bonchev–Trinajstić information content (AvgIpc) is 3.28. The van der Waals surface area contributed by atoms with Gasteiger partial charge in [0.05, 0.1) is 12.7 Å². The molecule has 29 heavy (non-hydrogen) atoms. The molecule has 0 bridgehead atoms. The number of furan rings is 1. The van der Waals surface area contributed by atoms with Gasteiger partial charge in [-0.3, -0.25) is 9.59 Å². The standard InChI is InChI=1S/C22H19N3O4/c1-15-9-10-18(17(14-15)16-6-3-2-4-7-16)23-21(27)19(11-12-26)24-25-22(28)20-8-5-13-29-20/h2-10,12-14H,11H2,1H3,(H,23,27)(H,25,28)/b24-19+. The monoisotopic (exact) mass is 389 g/mol. The molecular formula is C22H19N3O4. The van der Waals surface area contributed by atoms with Crippen LogP contribution < -0.4 is 10.7 Å². The van der Waals surface area contributed by atoms with Crippen molar-refractivity contribution in [1.82, 2.24) is 5.43 Å². The van der Waals surface area contributed by atoms with Crippen molar-refractivity contribution >= 4 is 29.5 Å². The molecule has 2 aromatic carbocycles. The van der Waals surface area contributed by atoms with E-state index in [4.69, 9.17) is 4.42 Å². The van der Waals surface area contributed by atoms with E-state index in [1.54, 1.807) is 12.1 Å². The van der Waals surface area contributed by atoms with Crippen molar-refractivity contribution in [1.29, 1.82) is 0 Å². The van der Waals surface area contributed by atoms with Gasteiger partial charge in [0, 0.05) is 11.3 Å². The maximum Gasteiger partial charge on any atom is 0.307 e. The number of benzene rings is 2. The maximum atomic E-state index is 12.7. The summed E-state index contributed by atoms with van der Waals surface area (Å²) >= 11 is 0. The number of hydrazone groups is 1. The lowest BCUT2D eigenvalue weighted by Gasteiger charge is -2.13. The van der Waals surface area contributed by atoms with Gasteiger partial charge in [0.15, 0.2) is 5.76 Å². The summed E-state index contributed by atoms with van der Waals surface area (Å²) in [6.07, 6.45) is 1.64. The van der Waals surface area contributed by atoms with E-state index in [-0.39, 0.29) is 17.9 Å². The molecule has 0 saturated heterocycles. The third-order valence-electron chi connectivity index (χ3n) is 4.08. The molecule has 0 fully saturated rings. The van der Waals surface area contributed by atoms with Gasteiger partial charge in [0.2, 0.25) is 0 Å². The minimum Gasteiger partial charge on any atom is -0.459 e. The Balaban J connectivity index is 1.82. The zero-order valence-corrected chi connectivity index (χ0v) is 15.7. The SMILES string of the molecule is Cc1ccc(NC(=O)/C(CC=O)=N/NC(=O)c2ccco2)c(-c2ccccc2)c1. The van der Waals surface area contributed by atoms with Crippen LogP contribution in [0.25, 0.3) is 11.1 Å². The first-order valence-electron chi connectivity index (χ1n) is 8.90. The highest BCUT2D eigenvalue weighted by molar-refractivity contribution is 6.45. The molecule has 0 aliphatic carbocycles. The molecule has 0 saturated carbocycles. The van der Waals surface area contributed by atoms with Crippen LogP contribution in [0.3, 0.4) is 0 Å². The maximum absolute atomic E-state index is 12.7. The number of hydrogen-bond acceptors (Lipinski definition) is 5. The smallest absolute Gasteiger partial charge is 0.307 e. The summed E-state index contributed by atoms with van der Waals surface area (Å²) in [4.78, 5) is 35.6.